The van der Waals surface area contributed by atoms with Crippen LogP contribution in [0.4, 0.5) is 0 Å². The highest BCUT2D eigenvalue weighted by atomic mass is 79.9. The fourth-order valence-electron chi connectivity index (χ4n) is 0.787. The molecule has 0 heterocycles. The molecule has 0 aliphatic rings. The molecule has 0 saturated carbocycles. The molecule has 0 aromatic carbocycles. The van der Waals surface area contributed by atoms with Crippen molar-refractivity contribution in [2.45, 2.75) is 26.1 Å². The SMILES string of the molecule is COCC(Br)=C(Br)CCO[Si](C)(C)C. The fourth-order valence-corrected chi connectivity index (χ4v) is 2.21. The zero-order chi connectivity index (χ0) is 11.2. The summed E-state index contributed by atoms with van der Waals surface area (Å²) in [7, 11) is 0.313. The van der Waals surface area contributed by atoms with E-state index in [-0.39, 0.29) is 0 Å². The third-order valence-electron chi connectivity index (χ3n) is 1.42. The van der Waals surface area contributed by atoms with Gasteiger partial charge in [-0.15, -0.1) is 0 Å². The van der Waals surface area contributed by atoms with Crippen molar-refractivity contribution in [1.82, 2.24) is 0 Å². The summed E-state index contributed by atoms with van der Waals surface area (Å²) in [6.45, 7) is 7.95. The molecule has 0 aliphatic heterocycles. The summed E-state index contributed by atoms with van der Waals surface area (Å²) in [5.74, 6) is 0. The Kier molecular flexibility index (Phi) is 7.60. The summed E-state index contributed by atoms with van der Waals surface area (Å²) in [6.07, 6.45) is 0.897. The van der Waals surface area contributed by atoms with Crippen LogP contribution in [0.3, 0.4) is 0 Å². The van der Waals surface area contributed by atoms with Gasteiger partial charge in [0.1, 0.15) is 0 Å². The molecule has 0 spiro atoms. The maximum atomic E-state index is 5.74. The zero-order valence-electron chi connectivity index (χ0n) is 9.19. The van der Waals surface area contributed by atoms with Gasteiger partial charge in [0.15, 0.2) is 8.32 Å². The van der Waals surface area contributed by atoms with Crippen LogP contribution in [0.1, 0.15) is 6.42 Å². The Hall–Kier alpha value is 0.837. The summed E-state index contributed by atoms with van der Waals surface area (Å²) >= 11 is 6.95. The molecule has 0 bridgehead atoms. The molecule has 0 fully saturated rings. The van der Waals surface area contributed by atoms with Crippen molar-refractivity contribution < 1.29 is 9.16 Å². The highest BCUT2D eigenvalue weighted by Gasteiger charge is 2.13. The third kappa shape index (κ3) is 8.17. The minimum atomic E-state index is -1.37. The number of halogens is 2. The number of methoxy groups -OCH3 is 1. The highest BCUT2D eigenvalue weighted by Crippen LogP contribution is 2.21. The van der Waals surface area contributed by atoms with Crippen LogP contribution < -0.4 is 0 Å². The molecule has 0 aliphatic carbocycles. The van der Waals surface area contributed by atoms with Crippen molar-refractivity contribution in [2.24, 2.45) is 0 Å². The normalized spacial score (nSPS) is 14.1. The maximum Gasteiger partial charge on any atom is 0.183 e. The molecule has 0 N–H and O–H groups in total. The van der Waals surface area contributed by atoms with E-state index in [4.69, 9.17) is 9.16 Å². The van der Waals surface area contributed by atoms with Gasteiger partial charge in [0, 0.05) is 29.1 Å². The molecule has 0 saturated heterocycles. The predicted octanol–water partition coefficient (Wildman–Crippen LogP) is 3.88. The van der Waals surface area contributed by atoms with Gasteiger partial charge < -0.3 is 9.16 Å². The zero-order valence-corrected chi connectivity index (χ0v) is 13.4. The molecule has 0 unspecified atom stereocenters. The van der Waals surface area contributed by atoms with Gasteiger partial charge in [-0.25, -0.2) is 0 Å². The van der Waals surface area contributed by atoms with Crippen molar-refractivity contribution in [1.29, 1.82) is 0 Å². The molecule has 0 amide bonds. The van der Waals surface area contributed by atoms with Gasteiger partial charge >= 0.3 is 0 Å². The first kappa shape index (κ1) is 14.8. The number of hydrogen-bond donors (Lipinski definition) is 0. The van der Waals surface area contributed by atoms with Gasteiger partial charge in [-0.2, -0.15) is 0 Å². The van der Waals surface area contributed by atoms with Crippen molar-refractivity contribution in [3.05, 3.63) is 8.96 Å². The summed E-state index contributed by atoms with van der Waals surface area (Å²) in [5, 5.41) is 0. The standard InChI is InChI=1S/C9H18Br2O2Si/c1-12-7-9(11)8(10)5-6-13-14(2,3)4/h5-7H2,1-4H3. The van der Waals surface area contributed by atoms with E-state index in [0.717, 1.165) is 22.0 Å². The second-order valence-electron chi connectivity index (χ2n) is 3.95. The van der Waals surface area contributed by atoms with Gasteiger partial charge in [0.25, 0.3) is 0 Å². The minimum absolute atomic E-state index is 0.605. The second kappa shape index (κ2) is 7.17. The molecule has 0 radical (unpaired) electrons. The highest BCUT2D eigenvalue weighted by molar-refractivity contribution is 9.14. The van der Waals surface area contributed by atoms with Gasteiger partial charge in [0.05, 0.1) is 6.61 Å². The molecule has 0 atom stereocenters. The lowest BCUT2D eigenvalue weighted by Gasteiger charge is -2.17. The summed E-state index contributed by atoms with van der Waals surface area (Å²) in [5.41, 5.74) is 0. The lowest BCUT2D eigenvalue weighted by molar-refractivity contribution is 0.231. The number of hydrogen-bond acceptors (Lipinski definition) is 2. The Morgan fingerprint density at radius 2 is 1.71 bits per heavy atom. The summed E-state index contributed by atoms with van der Waals surface area (Å²) < 4.78 is 12.9. The van der Waals surface area contributed by atoms with E-state index in [0.29, 0.717) is 6.61 Å². The molecule has 5 heteroatoms. The van der Waals surface area contributed by atoms with E-state index in [1.165, 1.54) is 0 Å². The molecular weight excluding hydrogens is 328 g/mol. The molecule has 2 nitrogen and oxygen atoms in total. The lowest BCUT2D eigenvalue weighted by Crippen LogP contribution is -2.25. The minimum Gasteiger partial charge on any atom is -0.417 e. The van der Waals surface area contributed by atoms with Crippen LogP contribution in [-0.4, -0.2) is 28.6 Å². The van der Waals surface area contributed by atoms with Crippen molar-refractivity contribution >= 4 is 40.2 Å². The van der Waals surface area contributed by atoms with Crippen LogP contribution in [0.25, 0.3) is 0 Å². The fraction of sp³-hybridized carbons (Fsp3) is 0.778. The van der Waals surface area contributed by atoms with Crippen molar-refractivity contribution in [2.75, 3.05) is 20.3 Å². The van der Waals surface area contributed by atoms with E-state index < -0.39 is 8.32 Å². The van der Waals surface area contributed by atoms with Gasteiger partial charge in [0.2, 0.25) is 0 Å². The Morgan fingerprint density at radius 1 is 1.14 bits per heavy atom. The largest absolute Gasteiger partial charge is 0.417 e. The smallest absolute Gasteiger partial charge is 0.183 e. The van der Waals surface area contributed by atoms with Gasteiger partial charge in [-0.05, 0) is 19.6 Å². The number of rotatable bonds is 6. The third-order valence-corrected chi connectivity index (χ3v) is 4.61. The number of ether oxygens (including phenoxy) is 1. The van der Waals surface area contributed by atoms with Crippen LogP contribution in [0.5, 0.6) is 0 Å². The molecule has 0 aromatic heterocycles. The molecule has 0 rings (SSSR count). The molecular formula is C9H18Br2O2Si. The first-order valence-corrected chi connectivity index (χ1v) is 9.52. The lowest BCUT2D eigenvalue weighted by atomic mass is 10.4. The maximum absolute atomic E-state index is 5.74. The van der Waals surface area contributed by atoms with Crippen LogP contribution in [0.2, 0.25) is 19.6 Å². The van der Waals surface area contributed by atoms with Crippen LogP contribution in [0, 0.1) is 0 Å². The van der Waals surface area contributed by atoms with Crippen molar-refractivity contribution in [3.63, 3.8) is 0 Å². The Labute approximate surface area is 104 Å². The summed E-state index contributed by atoms with van der Waals surface area (Å²) in [4.78, 5) is 0. The van der Waals surface area contributed by atoms with E-state index in [1.807, 2.05) is 0 Å². The van der Waals surface area contributed by atoms with Gasteiger partial charge in [-0.1, -0.05) is 31.9 Å². The van der Waals surface area contributed by atoms with Gasteiger partial charge in [-0.3, -0.25) is 0 Å². The van der Waals surface area contributed by atoms with E-state index in [2.05, 4.69) is 51.5 Å². The average molecular weight is 346 g/mol. The second-order valence-corrected chi connectivity index (χ2v) is 10.4. The van der Waals surface area contributed by atoms with Crippen molar-refractivity contribution in [3.8, 4) is 0 Å². The quantitative estimate of drug-likeness (QED) is 0.680. The molecule has 0 aromatic rings. The Balaban J connectivity index is 3.84. The monoisotopic (exact) mass is 344 g/mol. The predicted molar refractivity (Wildman–Crippen MR) is 70.7 cm³/mol. The first-order chi connectivity index (χ1) is 6.37. The Morgan fingerprint density at radius 3 is 2.14 bits per heavy atom. The topological polar surface area (TPSA) is 18.5 Å². The first-order valence-electron chi connectivity index (χ1n) is 4.52. The van der Waals surface area contributed by atoms with E-state index in [9.17, 15) is 0 Å². The Bertz CT molecular complexity index is 199. The molecule has 84 valence electrons. The van der Waals surface area contributed by atoms with Crippen LogP contribution >= 0.6 is 31.9 Å². The van der Waals surface area contributed by atoms with Crippen LogP contribution in [0.15, 0.2) is 8.96 Å². The van der Waals surface area contributed by atoms with E-state index in [1.54, 1.807) is 7.11 Å². The van der Waals surface area contributed by atoms with Crippen LogP contribution in [-0.2, 0) is 9.16 Å². The molecule has 14 heavy (non-hydrogen) atoms. The summed E-state index contributed by atoms with van der Waals surface area (Å²) in [6, 6.07) is 0. The van der Waals surface area contributed by atoms with E-state index >= 15 is 0 Å². The average Bonchev–Trinajstić information content (AvgIpc) is 2.02.